The number of rotatable bonds is 1. The van der Waals surface area contributed by atoms with Crippen molar-refractivity contribution >= 4 is 6.26 Å². The summed E-state index contributed by atoms with van der Waals surface area (Å²) < 4.78 is 6.19. The van der Waals surface area contributed by atoms with Gasteiger partial charge in [0.15, 0.2) is 0 Å². The van der Waals surface area contributed by atoms with Gasteiger partial charge in [-0.05, 0) is 0 Å². The lowest BCUT2D eigenvalue weighted by Crippen LogP contribution is -1.55. The fraction of sp³-hybridized carbons (Fsp3) is 0.667. The highest BCUT2D eigenvalue weighted by atomic mass is 16.1. The molecule has 0 saturated carbocycles. The summed E-state index contributed by atoms with van der Waals surface area (Å²) in [6, 6.07) is 0. The van der Waals surface area contributed by atoms with Gasteiger partial charge in [0, 0.05) is 6.42 Å². The Hall–Kier alpha value is -0.330. The maximum absolute atomic E-state index is 9.48. The summed E-state index contributed by atoms with van der Waals surface area (Å²) >= 11 is 0. The number of aldehydes is 1. The van der Waals surface area contributed by atoms with Gasteiger partial charge in [-0.1, -0.05) is 6.92 Å². The van der Waals surface area contributed by atoms with Gasteiger partial charge in [-0.3, -0.25) is 0 Å². The monoisotopic (exact) mass is 59.0 g/mol. The van der Waals surface area contributed by atoms with Gasteiger partial charge in [0.25, 0.3) is 0 Å². The molecule has 0 aromatic carbocycles. The van der Waals surface area contributed by atoms with Crippen LogP contribution in [0.1, 0.15) is 14.7 Å². The van der Waals surface area contributed by atoms with E-state index in [0.717, 1.165) is 0 Å². The predicted octanol–water partition coefficient (Wildman–Crippen LogP) is 0.595. The van der Waals surface area contributed by atoms with Gasteiger partial charge >= 0.3 is 0 Å². The molecule has 0 rings (SSSR count). The summed E-state index contributed by atoms with van der Waals surface area (Å²) in [6.07, 6.45) is -0.162. The van der Waals surface area contributed by atoms with E-state index in [1.165, 1.54) is 0 Å². The summed E-state index contributed by atoms with van der Waals surface area (Å²) in [5.74, 6) is 0. The summed E-state index contributed by atoms with van der Waals surface area (Å²) in [7, 11) is 0. The van der Waals surface area contributed by atoms with Crippen LogP contribution in [-0.4, -0.2) is 6.26 Å². The van der Waals surface area contributed by atoms with Crippen LogP contribution in [0.15, 0.2) is 0 Å². The lowest BCUT2D eigenvalue weighted by molar-refractivity contribution is -0.107. The molecular formula is C3H6O. The first kappa shape index (κ1) is 1.94. The van der Waals surface area contributed by atoms with Gasteiger partial charge in [0.05, 0.1) is 0 Å². The molecule has 0 heterocycles. The van der Waals surface area contributed by atoms with Crippen molar-refractivity contribution in [1.82, 2.24) is 0 Å². The van der Waals surface area contributed by atoms with E-state index in [0.29, 0.717) is 6.42 Å². The molecule has 0 bridgehead atoms. The molecule has 0 N–H and O–H groups in total. The highest BCUT2D eigenvalue weighted by Crippen LogP contribution is 1.53. The van der Waals surface area contributed by atoms with Crippen LogP contribution in [0.25, 0.3) is 0 Å². The van der Waals surface area contributed by atoms with Gasteiger partial charge in [-0.25, -0.2) is 0 Å². The third kappa shape index (κ3) is 1.67. The smallest absolute Gasteiger partial charge is 0.119 e. The Kier molecular flexibility index (Phi) is 1.30. The molecule has 0 unspecified atom stereocenters. The van der Waals surface area contributed by atoms with Gasteiger partial charge in [-0.15, -0.1) is 0 Å². The van der Waals surface area contributed by atoms with Crippen molar-refractivity contribution in [1.29, 1.82) is 0 Å². The number of carbonyl (C=O) groups excluding carboxylic acids is 1. The second-order valence-electron chi connectivity index (χ2n) is 0.498. The van der Waals surface area contributed by atoms with Crippen molar-refractivity contribution in [3.63, 3.8) is 0 Å². The highest BCUT2D eigenvalue weighted by molar-refractivity contribution is 5.48. The van der Waals surface area contributed by atoms with Crippen LogP contribution in [0.5, 0.6) is 0 Å². The van der Waals surface area contributed by atoms with E-state index in [9.17, 15) is 4.79 Å². The molecule has 0 atom stereocenters. The molecule has 24 valence electrons. The zero-order valence-electron chi connectivity index (χ0n) is 3.62. The third-order valence-corrected chi connectivity index (χ3v) is 0.144. The van der Waals surface area contributed by atoms with E-state index in [2.05, 4.69) is 0 Å². The minimum absolute atomic E-state index is 0.333. The maximum atomic E-state index is 9.48. The van der Waals surface area contributed by atoms with Crippen LogP contribution >= 0.6 is 0 Å². The Labute approximate surface area is 27.0 Å². The van der Waals surface area contributed by atoms with E-state index >= 15 is 0 Å². The topological polar surface area (TPSA) is 17.1 Å². The molecule has 4 heavy (non-hydrogen) atoms. The molecule has 0 aliphatic rings. The molecule has 0 radical (unpaired) electrons. The lowest BCUT2D eigenvalue weighted by atomic mass is 10.6. The molecule has 1 nitrogen and oxygen atoms in total. The average molecular weight is 59.1 g/mol. The van der Waals surface area contributed by atoms with Crippen molar-refractivity contribution in [2.24, 2.45) is 0 Å². The molecule has 0 aliphatic heterocycles. The average Bonchev–Trinajstić information content (AvgIpc) is 1.38. The SMILES string of the molecule is [2H]C(=O)CC. The van der Waals surface area contributed by atoms with Gasteiger partial charge in [0.1, 0.15) is 7.63 Å². The van der Waals surface area contributed by atoms with Crippen LogP contribution in [0, 0.1) is 0 Å². The second-order valence-corrected chi connectivity index (χ2v) is 0.498. The molecular weight excluding hydrogens is 52.0 g/mol. The van der Waals surface area contributed by atoms with Crippen molar-refractivity contribution in [2.75, 3.05) is 0 Å². The van der Waals surface area contributed by atoms with E-state index in [4.69, 9.17) is 1.37 Å². The van der Waals surface area contributed by atoms with Crippen LogP contribution in [-0.2, 0) is 4.79 Å². The Morgan fingerprint density at radius 3 is 2.75 bits per heavy atom. The van der Waals surface area contributed by atoms with E-state index < -0.39 is 6.26 Å². The zero-order valence-corrected chi connectivity index (χ0v) is 2.62. The van der Waals surface area contributed by atoms with Crippen molar-refractivity contribution < 1.29 is 6.17 Å². The maximum Gasteiger partial charge on any atom is 0.119 e. The van der Waals surface area contributed by atoms with Crippen molar-refractivity contribution in [3.8, 4) is 0 Å². The minimum Gasteiger partial charge on any atom is -0.303 e. The summed E-state index contributed by atoms with van der Waals surface area (Å²) in [5, 5.41) is 0. The Morgan fingerprint density at radius 2 is 2.75 bits per heavy atom. The fourth-order valence-corrected chi connectivity index (χ4v) is 0. The standard InChI is InChI=1S/C3H6O/c1-2-3-4/h3H,2H2,1H3/i3D. The van der Waals surface area contributed by atoms with Gasteiger partial charge < -0.3 is 4.79 Å². The first-order chi connectivity index (χ1) is 2.27. The molecule has 0 amide bonds. The van der Waals surface area contributed by atoms with E-state index in [1.807, 2.05) is 0 Å². The Balaban J connectivity index is 2.85. The van der Waals surface area contributed by atoms with E-state index in [1.54, 1.807) is 6.92 Å². The summed E-state index contributed by atoms with van der Waals surface area (Å²) in [5.41, 5.74) is 0. The quantitative estimate of drug-likeness (QED) is 0.404. The molecule has 0 spiro atoms. The van der Waals surface area contributed by atoms with Gasteiger partial charge in [0.2, 0.25) is 0 Å². The van der Waals surface area contributed by atoms with Crippen LogP contribution in [0.2, 0.25) is 0 Å². The number of hydrogen-bond acceptors (Lipinski definition) is 1. The van der Waals surface area contributed by atoms with Gasteiger partial charge in [-0.2, -0.15) is 0 Å². The first-order valence-electron chi connectivity index (χ1n) is 1.76. The molecule has 0 aromatic rings. The second kappa shape index (κ2) is 2.67. The zero-order chi connectivity index (χ0) is 4.28. The molecule has 1 heteroatoms. The first-order valence-corrected chi connectivity index (χ1v) is 1.26. The minimum atomic E-state index is -0.495. The molecule has 0 aliphatic carbocycles. The largest absolute Gasteiger partial charge is 0.303 e. The number of carbonyl (C=O) groups is 1. The third-order valence-electron chi connectivity index (χ3n) is 0.144. The van der Waals surface area contributed by atoms with Crippen LogP contribution < -0.4 is 0 Å². The Bertz CT molecular complexity index is 42.2. The molecule has 0 aromatic heterocycles. The summed E-state index contributed by atoms with van der Waals surface area (Å²) in [6.45, 7) is 1.66. The van der Waals surface area contributed by atoms with E-state index in [-0.39, 0.29) is 0 Å². The lowest BCUT2D eigenvalue weighted by Gasteiger charge is -1.51. The molecule has 0 fully saturated rings. The summed E-state index contributed by atoms with van der Waals surface area (Å²) in [4.78, 5) is 9.48. The fourth-order valence-electron chi connectivity index (χ4n) is 0. The predicted molar refractivity (Wildman–Crippen MR) is 16.4 cm³/mol. The van der Waals surface area contributed by atoms with Crippen LogP contribution in [0.3, 0.4) is 0 Å². The Morgan fingerprint density at radius 1 is 2.50 bits per heavy atom. The normalized spacial score (nSPS) is 9.75. The van der Waals surface area contributed by atoms with Crippen molar-refractivity contribution in [3.05, 3.63) is 0 Å². The van der Waals surface area contributed by atoms with Crippen molar-refractivity contribution in [2.45, 2.75) is 13.3 Å². The number of hydrogen-bond donors (Lipinski definition) is 0. The highest BCUT2D eigenvalue weighted by Gasteiger charge is 1.52. The molecule has 0 saturated heterocycles. The van der Waals surface area contributed by atoms with Crippen LogP contribution in [0.4, 0.5) is 0 Å².